The number of rotatable bonds is 7. The molecule has 0 unspecified atom stereocenters. The molecule has 0 fully saturated rings. The molecule has 6 heteroatoms. The number of halogens is 1. The van der Waals surface area contributed by atoms with Gasteiger partial charge in [0.15, 0.2) is 5.96 Å². The third-order valence-electron chi connectivity index (χ3n) is 3.10. The van der Waals surface area contributed by atoms with Gasteiger partial charge in [-0.1, -0.05) is 0 Å². The van der Waals surface area contributed by atoms with Crippen LogP contribution in [0.1, 0.15) is 26.0 Å². The molecule has 0 bridgehead atoms. The minimum atomic E-state index is 0.294. The van der Waals surface area contributed by atoms with Gasteiger partial charge in [0, 0.05) is 50.7 Å². The number of nitrogens with zero attached hydrogens (tertiary/aromatic N) is 3. The third kappa shape index (κ3) is 6.52. The fourth-order valence-corrected chi connectivity index (χ4v) is 2.59. The standard InChI is InChI=1S/C15H27BrN4O/c1-12(2)21-8-6-7-18-15(17-3)20(5)11-14-9-13(16)10-19(14)4/h9-10,12H,6-8,11H2,1-5H3,(H,17,18). The average Bonchev–Trinajstić information content (AvgIpc) is 2.71. The molecular weight excluding hydrogens is 332 g/mol. The van der Waals surface area contributed by atoms with Crippen molar-refractivity contribution in [3.63, 3.8) is 0 Å². The van der Waals surface area contributed by atoms with E-state index in [9.17, 15) is 0 Å². The third-order valence-corrected chi connectivity index (χ3v) is 3.54. The minimum absolute atomic E-state index is 0.294. The summed E-state index contributed by atoms with van der Waals surface area (Å²) in [6.07, 6.45) is 3.33. The molecular formula is C15H27BrN4O. The highest BCUT2D eigenvalue weighted by molar-refractivity contribution is 9.10. The van der Waals surface area contributed by atoms with Crippen LogP contribution in [0, 0.1) is 0 Å². The van der Waals surface area contributed by atoms with Gasteiger partial charge in [0.05, 0.1) is 12.6 Å². The number of hydrogen-bond donors (Lipinski definition) is 1. The summed E-state index contributed by atoms with van der Waals surface area (Å²) < 4.78 is 8.74. The van der Waals surface area contributed by atoms with E-state index in [1.807, 2.05) is 21.1 Å². The first-order valence-corrected chi connectivity index (χ1v) is 8.07. The van der Waals surface area contributed by atoms with E-state index >= 15 is 0 Å². The maximum absolute atomic E-state index is 5.53. The molecule has 120 valence electrons. The van der Waals surface area contributed by atoms with E-state index in [0.717, 1.165) is 36.5 Å². The van der Waals surface area contributed by atoms with Gasteiger partial charge in [-0.05, 0) is 42.3 Å². The van der Waals surface area contributed by atoms with Crippen molar-refractivity contribution in [2.24, 2.45) is 12.0 Å². The Morgan fingerprint density at radius 3 is 2.76 bits per heavy atom. The molecule has 0 spiro atoms. The molecule has 1 aromatic heterocycles. The largest absolute Gasteiger partial charge is 0.379 e. The van der Waals surface area contributed by atoms with E-state index in [1.165, 1.54) is 5.69 Å². The van der Waals surface area contributed by atoms with E-state index in [4.69, 9.17) is 4.74 Å². The van der Waals surface area contributed by atoms with E-state index in [2.05, 4.69) is 61.8 Å². The van der Waals surface area contributed by atoms with Crippen molar-refractivity contribution in [3.05, 3.63) is 22.4 Å². The Morgan fingerprint density at radius 2 is 2.24 bits per heavy atom. The van der Waals surface area contributed by atoms with Crippen molar-refractivity contribution >= 4 is 21.9 Å². The Kier molecular flexibility index (Phi) is 7.82. The van der Waals surface area contributed by atoms with E-state index in [-0.39, 0.29) is 0 Å². The molecule has 0 saturated heterocycles. The van der Waals surface area contributed by atoms with Crippen molar-refractivity contribution in [1.82, 2.24) is 14.8 Å². The summed E-state index contributed by atoms with van der Waals surface area (Å²) in [5, 5.41) is 3.36. The molecule has 1 N–H and O–H groups in total. The molecule has 1 rings (SSSR count). The average molecular weight is 359 g/mol. The summed E-state index contributed by atoms with van der Waals surface area (Å²) >= 11 is 3.50. The van der Waals surface area contributed by atoms with Gasteiger partial charge in [0.1, 0.15) is 0 Å². The second kappa shape index (κ2) is 9.10. The number of aromatic nitrogens is 1. The van der Waals surface area contributed by atoms with Crippen molar-refractivity contribution in [2.45, 2.75) is 32.9 Å². The number of ether oxygens (including phenoxy) is 1. The molecule has 0 radical (unpaired) electrons. The Bertz CT molecular complexity index is 457. The van der Waals surface area contributed by atoms with Crippen LogP contribution in [-0.4, -0.2) is 48.8 Å². The predicted molar refractivity (Wildman–Crippen MR) is 91.6 cm³/mol. The van der Waals surface area contributed by atoms with E-state index in [0.29, 0.717) is 6.10 Å². The lowest BCUT2D eigenvalue weighted by atomic mass is 10.4. The van der Waals surface area contributed by atoms with Gasteiger partial charge >= 0.3 is 0 Å². The van der Waals surface area contributed by atoms with Crippen LogP contribution >= 0.6 is 15.9 Å². The van der Waals surface area contributed by atoms with Gasteiger partial charge in [-0.25, -0.2) is 0 Å². The van der Waals surface area contributed by atoms with Crippen LogP contribution in [0.2, 0.25) is 0 Å². The summed E-state index contributed by atoms with van der Waals surface area (Å²) in [7, 11) is 5.90. The van der Waals surface area contributed by atoms with Gasteiger partial charge in [-0.2, -0.15) is 0 Å². The van der Waals surface area contributed by atoms with Crippen LogP contribution in [0.15, 0.2) is 21.7 Å². The Hall–Kier alpha value is -1.01. The zero-order valence-corrected chi connectivity index (χ0v) is 15.3. The number of guanidine groups is 1. The molecule has 0 aromatic carbocycles. The highest BCUT2D eigenvalue weighted by Gasteiger charge is 2.09. The number of aliphatic imine (C=N–C) groups is 1. The molecule has 1 heterocycles. The van der Waals surface area contributed by atoms with Crippen molar-refractivity contribution < 1.29 is 4.74 Å². The number of nitrogens with one attached hydrogen (secondary N) is 1. The minimum Gasteiger partial charge on any atom is -0.379 e. The molecule has 0 amide bonds. The topological polar surface area (TPSA) is 41.8 Å². The van der Waals surface area contributed by atoms with Crippen LogP contribution in [0.5, 0.6) is 0 Å². The molecule has 0 atom stereocenters. The highest BCUT2D eigenvalue weighted by Crippen LogP contribution is 2.14. The lowest BCUT2D eigenvalue weighted by Gasteiger charge is -2.22. The van der Waals surface area contributed by atoms with Crippen LogP contribution in [0.25, 0.3) is 0 Å². The molecule has 0 saturated carbocycles. The van der Waals surface area contributed by atoms with Crippen molar-refractivity contribution in [1.29, 1.82) is 0 Å². The van der Waals surface area contributed by atoms with Gasteiger partial charge in [0.2, 0.25) is 0 Å². The maximum Gasteiger partial charge on any atom is 0.193 e. The Labute approximate surface area is 136 Å². The van der Waals surface area contributed by atoms with Crippen LogP contribution in [0.3, 0.4) is 0 Å². The normalized spacial score (nSPS) is 12.0. The Balaban J connectivity index is 2.39. The summed E-state index contributed by atoms with van der Waals surface area (Å²) in [4.78, 5) is 6.44. The van der Waals surface area contributed by atoms with E-state index in [1.54, 1.807) is 0 Å². The smallest absolute Gasteiger partial charge is 0.193 e. The van der Waals surface area contributed by atoms with Gasteiger partial charge in [-0.3, -0.25) is 4.99 Å². The first-order chi connectivity index (χ1) is 9.93. The zero-order chi connectivity index (χ0) is 15.8. The first-order valence-electron chi connectivity index (χ1n) is 7.28. The van der Waals surface area contributed by atoms with Crippen LogP contribution in [-0.2, 0) is 18.3 Å². The fourth-order valence-electron chi connectivity index (χ4n) is 2.02. The SMILES string of the molecule is CN=C(NCCCOC(C)C)N(C)Cc1cc(Br)cn1C. The van der Waals surface area contributed by atoms with Gasteiger partial charge in [-0.15, -0.1) is 0 Å². The lowest BCUT2D eigenvalue weighted by Crippen LogP contribution is -2.39. The molecule has 5 nitrogen and oxygen atoms in total. The molecule has 0 aliphatic carbocycles. The molecule has 0 aliphatic rings. The number of aryl methyl sites for hydroxylation is 1. The van der Waals surface area contributed by atoms with Crippen molar-refractivity contribution in [2.75, 3.05) is 27.2 Å². The van der Waals surface area contributed by atoms with Crippen molar-refractivity contribution in [3.8, 4) is 0 Å². The molecule has 21 heavy (non-hydrogen) atoms. The summed E-state index contributed by atoms with van der Waals surface area (Å²) in [5.41, 5.74) is 1.23. The fraction of sp³-hybridized carbons (Fsp3) is 0.667. The molecule has 1 aromatic rings. The molecule has 0 aliphatic heterocycles. The van der Waals surface area contributed by atoms with E-state index < -0.39 is 0 Å². The zero-order valence-electron chi connectivity index (χ0n) is 13.7. The second-order valence-corrected chi connectivity index (χ2v) is 6.28. The second-order valence-electron chi connectivity index (χ2n) is 5.36. The summed E-state index contributed by atoms with van der Waals surface area (Å²) in [5.74, 6) is 0.900. The highest BCUT2D eigenvalue weighted by atomic mass is 79.9. The lowest BCUT2D eigenvalue weighted by molar-refractivity contribution is 0.0776. The van der Waals surface area contributed by atoms with Crippen LogP contribution < -0.4 is 5.32 Å². The van der Waals surface area contributed by atoms with Gasteiger partial charge in [0.25, 0.3) is 0 Å². The monoisotopic (exact) mass is 358 g/mol. The summed E-state index contributed by atoms with van der Waals surface area (Å²) in [6.45, 7) is 6.55. The predicted octanol–water partition coefficient (Wildman–Crippen LogP) is 2.61. The quantitative estimate of drug-likeness (QED) is 0.462. The maximum atomic E-state index is 5.53. The summed E-state index contributed by atoms with van der Waals surface area (Å²) in [6, 6.07) is 2.13. The first kappa shape index (κ1) is 18.0. The number of hydrogen-bond acceptors (Lipinski definition) is 2. The Morgan fingerprint density at radius 1 is 1.52 bits per heavy atom. The van der Waals surface area contributed by atoms with Gasteiger partial charge < -0.3 is 19.5 Å². The van der Waals surface area contributed by atoms with Crippen LogP contribution in [0.4, 0.5) is 0 Å².